The summed E-state index contributed by atoms with van der Waals surface area (Å²) < 4.78 is 1.54. The molecular weight excluding hydrogens is 500 g/mol. The zero-order valence-corrected chi connectivity index (χ0v) is 23.4. The molecule has 0 saturated carbocycles. The lowest BCUT2D eigenvalue weighted by molar-refractivity contribution is 0.102. The molecule has 1 amide bonds. The maximum absolute atomic E-state index is 13.7. The molecule has 0 unspecified atom stereocenters. The highest BCUT2D eigenvalue weighted by Crippen LogP contribution is 2.25. The Bertz CT molecular complexity index is 1680. The van der Waals surface area contributed by atoms with Crippen molar-refractivity contribution in [3.8, 4) is 11.8 Å². The molecule has 1 aliphatic heterocycles. The predicted octanol–water partition coefficient (Wildman–Crippen LogP) is 4.89. The third kappa shape index (κ3) is 5.33. The maximum Gasteiger partial charge on any atom is 0.265 e. The summed E-state index contributed by atoms with van der Waals surface area (Å²) in [7, 11) is 0. The maximum atomic E-state index is 13.7. The number of anilines is 2. The first kappa shape index (κ1) is 27.1. The van der Waals surface area contributed by atoms with Crippen LogP contribution >= 0.6 is 0 Å². The number of piperazine rings is 1. The first-order chi connectivity index (χ1) is 19.2. The Morgan fingerprint density at radius 1 is 1.05 bits per heavy atom. The lowest BCUT2D eigenvalue weighted by Crippen LogP contribution is -2.46. The third-order valence-electron chi connectivity index (χ3n) is 7.78. The monoisotopic (exact) mass is 534 g/mol. The molecule has 8 nitrogen and oxygen atoms in total. The average molecular weight is 535 g/mol. The van der Waals surface area contributed by atoms with Gasteiger partial charge in [-0.3, -0.25) is 14.2 Å². The molecule has 204 valence electrons. The highest BCUT2D eigenvalue weighted by molar-refractivity contribution is 6.04. The number of fused-ring (bicyclic) bond motifs is 1. The van der Waals surface area contributed by atoms with E-state index in [1.807, 2.05) is 57.2 Å². The van der Waals surface area contributed by atoms with E-state index in [1.54, 1.807) is 35.2 Å². The highest BCUT2D eigenvalue weighted by atomic mass is 16.1. The number of nitrogens with one attached hydrogen (secondary N) is 1. The second-order valence-electron chi connectivity index (χ2n) is 10.8. The van der Waals surface area contributed by atoms with Gasteiger partial charge in [0, 0.05) is 43.1 Å². The van der Waals surface area contributed by atoms with Crippen molar-refractivity contribution in [1.82, 2.24) is 14.5 Å². The number of amides is 1. The largest absolute Gasteiger partial charge is 0.369 e. The van der Waals surface area contributed by atoms with E-state index in [9.17, 15) is 14.9 Å². The summed E-state index contributed by atoms with van der Waals surface area (Å²) in [6, 6.07) is 20.7. The van der Waals surface area contributed by atoms with Crippen molar-refractivity contribution >= 4 is 28.2 Å². The van der Waals surface area contributed by atoms with Gasteiger partial charge in [0.2, 0.25) is 0 Å². The molecule has 0 spiro atoms. The Hall–Kier alpha value is -4.48. The Labute approximate surface area is 234 Å². The van der Waals surface area contributed by atoms with Gasteiger partial charge < -0.3 is 15.1 Å². The molecule has 1 N–H and O–H groups in total. The Balaban J connectivity index is 1.44. The number of benzene rings is 3. The van der Waals surface area contributed by atoms with Crippen LogP contribution in [0, 0.1) is 18.3 Å². The third-order valence-corrected chi connectivity index (χ3v) is 7.78. The SMILES string of the molecule is CCN1CCN(c2ccc3ncn(-c4cc(NC(=O)c5cccc(C(C)(C)C#N)c5)ccc4C)c(=O)c3c2)CC1. The minimum Gasteiger partial charge on any atom is -0.369 e. The quantitative estimate of drug-likeness (QED) is 0.379. The number of carbonyl (C=O) groups excluding carboxylic acids is 1. The van der Waals surface area contributed by atoms with Crippen LogP contribution in [0.4, 0.5) is 11.4 Å². The summed E-state index contributed by atoms with van der Waals surface area (Å²) >= 11 is 0. The first-order valence-corrected chi connectivity index (χ1v) is 13.6. The lowest BCUT2D eigenvalue weighted by Gasteiger charge is -2.35. The van der Waals surface area contributed by atoms with Gasteiger partial charge in [-0.2, -0.15) is 5.26 Å². The van der Waals surface area contributed by atoms with Gasteiger partial charge in [-0.1, -0.05) is 25.1 Å². The molecule has 40 heavy (non-hydrogen) atoms. The molecule has 0 atom stereocenters. The number of carbonyl (C=O) groups is 1. The summed E-state index contributed by atoms with van der Waals surface area (Å²) in [6.07, 6.45) is 1.55. The molecule has 5 rings (SSSR count). The minimum absolute atomic E-state index is 0.156. The molecule has 8 heteroatoms. The van der Waals surface area contributed by atoms with E-state index in [-0.39, 0.29) is 11.5 Å². The van der Waals surface area contributed by atoms with Gasteiger partial charge in [0.25, 0.3) is 11.5 Å². The van der Waals surface area contributed by atoms with E-state index < -0.39 is 5.41 Å². The topological polar surface area (TPSA) is 94.3 Å². The van der Waals surface area contributed by atoms with E-state index >= 15 is 0 Å². The number of nitriles is 1. The van der Waals surface area contributed by atoms with Gasteiger partial charge in [0.05, 0.1) is 28.1 Å². The van der Waals surface area contributed by atoms with E-state index in [4.69, 9.17) is 0 Å². The van der Waals surface area contributed by atoms with Crippen LogP contribution in [0.5, 0.6) is 0 Å². The average Bonchev–Trinajstić information content (AvgIpc) is 2.98. The van der Waals surface area contributed by atoms with E-state index in [2.05, 4.69) is 33.1 Å². The smallest absolute Gasteiger partial charge is 0.265 e. The first-order valence-electron chi connectivity index (χ1n) is 13.6. The fourth-order valence-electron chi connectivity index (χ4n) is 5.06. The molecule has 0 radical (unpaired) electrons. The van der Waals surface area contributed by atoms with Crippen LogP contribution in [0.2, 0.25) is 0 Å². The molecule has 1 aromatic heterocycles. The van der Waals surface area contributed by atoms with Crippen LogP contribution in [-0.2, 0) is 5.41 Å². The normalized spacial score (nSPS) is 14.2. The van der Waals surface area contributed by atoms with Gasteiger partial charge in [0.15, 0.2) is 0 Å². The molecule has 1 fully saturated rings. The second kappa shape index (κ2) is 10.9. The lowest BCUT2D eigenvalue weighted by atomic mass is 9.85. The van der Waals surface area contributed by atoms with Gasteiger partial charge in [-0.15, -0.1) is 0 Å². The fourth-order valence-corrected chi connectivity index (χ4v) is 5.06. The predicted molar refractivity (Wildman–Crippen MR) is 159 cm³/mol. The minimum atomic E-state index is -0.707. The molecule has 3 aromatic carbocycles. The summed E-state index contributed by atoms with van der Waals surface area (Å²) in [6.45, 7) is 12.6. The van der Waals surface area contributed by atoms with Crippen LogP contribution in [-0.4, -0.2) is 53.1 Å². The number of aromatic nitrogens is 2. The molecule has 1 aliphatic rings. The van der Waals surface area contributed by atoms with E-state index in [1.165, 1.54) is 0 Å². The Morgan fingerprint density at radius 3 is 2.55 bits per heavy atom. The summed E-state index contributed by atoms with van der Waals surface area (Å²) in [4.78, 5) is 36.1. The Kier molecular flexibility index (Phi) is 7.42. The summed E-state index contributed by atoms with van der Waals surface area (Å²) in [5, 5.41) is 13.0. The van der Waals surface area contributed by atoms with E-state index in [0.29, 0.717) is 27.8 Å². The van der Waals surface area contributed by atoms with Crippen molar-refractivity contribution in [3.63, 3.8) is 0 Å². The fraction of sp³-hybridized carbons (Fsp3) is 0.312. The highest BCUT2D eigenvalue weighted by Gasteiger charge is 2.21. The molecule has 0 aliphatic carbocycles. The van der Waals surface area contributed by atoms with Crippen molar-refractivity contribution in [2.24, 2.45) is 0 Å². The number of nitrogens with zero attached hydrogens (tertiary/aromatic N) is 5. The molecule has 2 heterocycles. The zero-order chi connectivity index (χ0) is 28.4. The van der Waals surface area contributed by atoms with Crippen LogP contribution < -0.4 is 15.8 Å². The number of rotatable bonds is 6. The zero-order valence-electron chi connectivity index (χ0n) is 23.4. The molecule has 0 bridgehead atoms. The van der Waals surface area contributed by atoms with Crippen LogP contribution in [0.1, 0.15) is 42.3 Å². The number of likely N-dealkylation sites (N-methyl/N-ethyl adjacent to an activating group) is 1. The second-order valence-corrected chi connectivity index (χ2v) is 10.8. The van der Waals surface area contributed by atoms with Gasteiger partial charge in [-0.25, -0.2) is 4.98 Å². The van der Waals surface area contributed by atoms with Crippen LogP contribution in [0.3, 0.4) is 0 Å². The van der Waals surface area contributed by atoms with Crippen molar-refractivity contribution in [3.05, 3.63) is 94.0 Å². The van der Waals surface area contributed by atoms with Crippen molar-refractivity contribution in [2.45, 2.75) is 33.1 Å². The van der Waals surface area contributed by atoms with Crippen molar-refractivity contribution in [2.75, 3.05) is 42.9 Å². The standard InChI is InChI=1S/C32H34N6O2/c1-5-36-13-15-37(16-14-36)26-11-12-28-27(19-26)31(40)38(21-34-28)29-18-25(10-9-22(29)2)35-30(39)23-7-6-8-24(17-23)32(3,4)20-33/h6-12,17-19,21H,5,13-16H2,1-4H3,(H,35,39). The van der Waals surface area contributed by atoms with Gasteiger partial charge in [0.1, 0.15) is 6.33 Å². The van der Waals surface area contributed by atoms with Crippen molar-refractivity contribution < 1.29 is 4.79 Å². The summed E-state index contributed by atoms with van der Waals surface area (Å²) in [5.41, 5.74) is 4.14. The number of aryl methyl sites for hydroxylation is 1. The van der Waals surface area contributed by atoms with Crippen LogP contribution in [0.25, 0.3) is 16.6 Å². The molecular formula is C32H34N6O2. The van der Waals surface area contributed by atoms with Crippen molar-refractivity contribution in [1.29, 1.82) is 5.26 Å². The van der Waals surface area contributed by atoms with Gasteiger partial charge >= 0.3 is 0 Å². The van der Waals surface area contributed by atoms with Crippen LogP contribution in [0.15, 0.2) is 71.8 Å². The number of hydrogen-bond acceptors (Lipinski definition) is 6. The summed E-state index contributed by atoms with van der Waals surface area (Å²) in [5.74, 6) is -0.290. The van der Waals surface area contributed by atoms with E-state index in [0.717, 1.165) is 49.5 Å². The molecule has 1 saturated heterocycles. The Morgan fingerprint density at radius 2 is 1.82 bits per heavy atom. The van der Waals surface area contributed by atoms with Gasteiger partial charge in [-0.05, 0) is 80.9 Å². The number of hydrogen-bond donors (Lipinski definition) is 1. The molecule has 4 aromatic rings.